The number of ether oxygens (including phenoxy) is 2. The van der Waals surface area contributed by atoms with Gasteiger partial charge < -0.3 is 24.8 Å². The van der Waals surface area contributed by atoms with Gasteiger partial charge in [-0.15, -0.1) is 0 Å². The summed E-state index contributed by atoms with van der Waals surface area (Å²) in [6, 6.07) is 0. The third-order valence-corrected chi connectivity index (χ3v) is 3.57. The van der Waals surface area contributed by atoms with Crippen LogP contribution in [0.25, 0.3) is 0 Å². The molecule has 0 aromatic carbocycles. The number of unbranched alkanes of at least 4 members (excludes halogenated alkanes) is 5. The Morgan fingerprint density at radius 1 is 0.947 bits per heavy atom. The van der Waals surface area contributed by atoms with Crippen LogP contribution in [0.2, 0.25) is 0 Å². The number of rotatable bonds is 10. The van der Waals surface area contributed by atoms with Crippen LogP contribution in [0.1, 0.15) is 45.4 Å². The lowest BCUT2D eigenvalue weighted by molar-refractivity contribution is -0.0561. The van der Waals surface area contributed by atoms with E-state index in [0.29, 0.717) is 6.61 Å². The molecule has 5 heteroatoms. The van der Waals surface area contributed by atoms with Gasteiger partial charge in [-0.3, -0.25) is 0 Å². The first-order valence-corrected chi connectivity index (χ1v) is 7.40. The number of hydrogen-bond acceptors (Lipinski definition) is 5. The van der Waals surface area contributed by atoms with Crippen LogP contribution in [0.5, 0.6) is 0 Å². The Labute approximate surface area is 115 Å². The maximum absolute atomic E-state index is 9.69. The largest absolute Gasteiger partial charge is 0.394 e. The van der Waals surface area contributed by atoms with Crippen LogP contribution in [0.3, 0.4) is 0 Å². The van der Waals surface area contributed by atoms with Crippen LogP contribution >= 0.6 is 0 Å². The van der Waals surface area contributed by atoms with Crippen molar-refractivity contribution in [3.63, 3.8) is 0 Å². The maximum Gasteiger partial charge on any atom is 0.111 e. The predicted octanol–water partition coefficient (Wildman–Crippen LogP) is 0.845. The molecule has 3 N–H and O–H groups in total. The molecule has 1 heterocycles. The summed E-state index contributed by atoms with van der Waals surface area (Å²) in [7, 11) is 0. The first-order chi connectivity index (χ1) is 9.20. The zero-order valence-corrected chi connectivity index (χ0v) is 11.8. The Hall–Kier alpha value is -0.200. The van der Waals surface area contributed by atoms with Gasteiger partial charge in [0.15, 0.2) is 0 Å². The molecule has 114 valence electrons. The van der Waals surface area contributed by atoms with Gasteiger partial charge in [-0.1, -0.05) is 39.0 Å². The van der Waals surface area contributed by atoms with Crippen molar-refractivity contribution in [1.29, 1.82) is 0 Å². The first kappa shape index (κ1) is 16.9. The van der Waals surface area contributed by atoms with Gasteiger partial charge in [-0.2, -0.15) is 0 Å². The van der Waals surface area contributed by atoms with Gasteiger partial charge in [-0.05, 0) is 6.42 Å². The van der Waals surface area contributed by atoms with Crippen LogP contribution in [-0.2, 0) is 9.47 Å². The zero-order valence-electron chi connectivity index (χ0n) is 11.8. The summed E-state index contributed by atoms with van der Waals surface area (Å²) in [5.41, 5.74) is 0. The standard InChI is InChI=1S/C14H28O5/c1-2-3-4-5-6-7-8-18-10-12-14(17)13(16)11(9-15)19-12/h11-17H,2-10H2,1H3/t11-,12+,13-,14-/m1/s1. The minimum absolute atomic E-state index is 0.268. The van der Waals surface area contributed by atoms with E-state index >= 15 is 0 Å². The summed E-state index contributed by atoms with van der Waals surface area (Å²) < 4.78 is 10.8. The lowest BCUT2D eigenvalue weighted by Gasteiger charge is -2.14. The second-order valence-corrected chi connectivity index (χ2v) is 5.22. The predicted molar refractivity (Wildman–Crippen MR) is 72.0 cm³/mol. The molecule has 1 fully saturated rings. The highest BCUT2D eigenvalue weighted by atomic mass is 16.6. The Morgan fingerprint density at radius 2 is 1.58 bits per heavy atom. The summed E-state index contributed by atoms with van der Waals surface area (Å²) >= 11 is 0. The van der Waals surface area contributed by atoms with E-state index < -0.39 is 24.4 Å². The molecule has 0 unspecified atom stereocenters. The quantitative estimate of drug-likeness (QED) is 0.515. The summed E-state index contributed by atoms with van der Waals surface area (Å²) in [5.74, 6) is 0. The molecule has 0 saturated carbocycles. The van der Waals surface area contributed by atoms with Crippen molar-refractivity contribution in [2.24, 2.45) is 0 Å². The third-order valence-electron chi connectivity index (χ3n) is 3.57. The second-order valence-electron chi connectivity index (χ2n) is 5.22. The fourth-order valence-corrected chi connectivity index (χ4v) is 2.30. The Bertz CT molecular complexity index is 224. The topological polar surface area (TPSA) is 79.2 Å². The zero-order chi connectivity index (χ0) is 14.1. The molecule has 0 radical (unpaired) electrons. The summed E-state index contributed by atoms with van der Waals surface area (Å²) in [5, 5.41) is 28.2. The minimum atomic E-state index is -1.02. The summed E-state index contributed by atoms with van der Waals surface area (Å²) in [6.07, 6.45) is 4.02. The lowest BCUT2D eigenvalue weighted by atomic mass is 10.1. The highest BCUT2D eigenvalue weighted by molar-refractivity contribution is 4.90. The van der Waals surface area contributed by atoms with Gasteiger partial charge in [-0.25, -0.2) is 0 Å². The Balaban J connectivity index is 2.01. The molecule has 5 nitrogen and oxygen atoms in total. The number of aliphatic hydroxyl groups excluding tert-OH is 3. The number of hydrogen-bond donors (Lipinski definition) is 3. The Kier molecular flexibility index (Phi) is 8.57. The fraction of sp³-hybridized carbons (Fsp3) is 1.00. The van der Waals surface area contributed by atoms with Crippen molar-refractivity contribution in [3.8, 4) is 0 Å². The van der Waals surface area contributed by atoms with E-state index in [9.17, 15) is 10.2 Å². The third kappa shape index (κ3) is 5.75. The van der Waals surface area contributed by atoms with Crippen molar-refractivity contribution in [3.05, 3.63) is 0 Å². The van der Waals surface area contributed by atoms with Crippen LogP contribution in [-0.4, -0.2) is 59.6 Å². The molecule has 1 saturated heterocycles. The van der Waals surface area contributed by atoms with Crippen molar-refractivity contribution in [2.45, 2.75) is 69.9 Å². The van der Waals surface area contributed by atoms with E-state index in [1.165, 1.54) is 25.7 Å². The number of aliphatic hydroxyl groups is 3. The van der Waals surface area contributed by atoms with E-state index in [2.05, 4.69) is 6.92 Å². The second kappa shape index (κ2) is 9.66. The van der Waals surface area contributed by atoms with Gasteiger partial charge in [0.25, 0.3) is 0 Å². The van der Waals surface area contributed by atoms with Crippen molar-refractivity contribution in [2.75, 3.05) is 19.8 Å². The molecule has 4 atom stereocenters. The molecule has 0 aromatic heterocycles. The van der Waals surface area contributed by atoms with Gasteiger partial charge in [0.05, 0.1) is 13.2 Å². The maximum atomic E-state index is 9.69. The Morgan fingerprint density at radius 3 is 2.21 bits per heavy atom. The molecule has 0 spiro atoms. The molecular weight excluding hydrogens is 248 g/mol. The van der Waals surface area contributed by atoms with E-state index in [1.54, 1.807) is 0 Å². The van der Waals surface area contributed by atoms with Crippen LogP contribution in [0, 0.1) is 0 Å². The van der Waals surface area contributed by atoms with E-state index in [-0.39, 0.29) is 13.2 Å². The molecule has 0 aromatic rings. The average molecular weight is 276 g/mol. The molecule has 1 rings (SSSR count). The van der Waals surface area contributed by atoms with E-state index in [1.807, 2.05) is 0 Å². The van der Waals surface area contributed by atoms with Crippen molar-refractivity contribution >= 4 is 0 Å². The van der Waals surface area contributed by atoms with Crippen molar-refractivity contribution < 1.29 is 24.8 Å². The molecule has 1 aliphatic rings. The SMILES string of the molecule is CCCCCCCCOC[C@@H]1O[C@H](CO)[C@@H](O)[C@@H]1O. The van der Waals surface area contributed by atoms with Gasteiger partial charge >= 0.3 is 0 Å². The molecule has 19 heavy (non-hydrogen) atoms. The summed E-state index contributed by atoms with van der Waals surface area (Å²) in [4.78, 5) is 0. The van der Waals surface area contributed by atoms with Crippen LogP contribution in [0.4, 0.5) is 0 Å². The molecule has 1 aliphatic heterocycles. The van der Waals surface area contributed by atoms with Gasteiger partial charge in [0, 0.05) is 6.61 Å². The summed E-state index contributed by atoms with van der Waals surface area (Å²) in [6.45, 7) is 2.83. The lowest BCUT2D eigenvalue weighted by Crippen LogP contribution is -2.35. The van der Waals surface area contributed by atoms with Crippen molar-refractivity contribution in [1.82, 2.24) is 0 Å². The highest BCUT2D eigenvalue weighted by Crippen LogP contribution is 2.21. The molecule has 0 aliphatic carbocycles. The molecule has 0 amide bonds. The van der Waals surface area contributed by atoms with Crippen LogP contribution < -0.4 is 0 Å². The first-order valence-electron chi connectivity index (χ1n) is 7.40. The average Bonchev–Trinajstić information content (AvgIpc) is 2.69. The highest BCUT2D eigenvalue weighted by Gasteiger charge is 2.42. The van der Waals surface area contributed by atoms with E-state index in [4.69, 9.17) is 14.6 Å². The smallest absolute Gasteiger partial charge is 0.111 e. The molecule has 0 bridgehead atoms. The van der Waals surface area contributed by atoms with Crippen LogP contribution in [0.15, 0.2) is 0 Å². The fourth-order valence-electron chi connectivity index (χ4n) is 2.30. The minimum Gasteiger partial charge on any atom is -0.394 e. The normalized spacial score (nSPS) is 30.9. The van der Waals surface area contributed by atoms with E-state index in [0.717, 1.165) is 12.8 Å². The van der Waals surface area contributed by atoms with Gasteiger partial charge in [0.1, 0.15) is 24.4 Å². The monoisotopic (exact) mass is 276 g/mol. The van der Waals surface area contributed by atoms with Gasteiger partial charge in [0.2, 0.25) is 0 Å². The molecular formula is C14H28O5.